The third kappa shape index (κ3) is 5.47. The minimum absolute atomic E-state index is 0.325. The zero-order valence-corrected chi connectivity index (χ0v) is 18.3. The van der Waals surface area contributed by atoms with Gasteiger partial charge in [-0.25, -0.2) is 8.42 Å². The highest BCUT2D eigenvalue weighted by atomic mass is 32.2. The molecule has 2 N–H and O–H groups in total. The van der Waals surface area contributed by atoms with Crippen LogP contribution < -0.4 is 10.6 Å². The predicted molar refractivity (Wildman–Crippen MR) is 122 cm³/mol. The summed E-state index contributed by atoms with van der Waals surface area (Å²) in [6.07, 6.45) is 6.07. The Morgan fingerprint density at radius 1 is 0.964 bits per heavy atom. The first-order chi connectivity index (χ1) is 13.5. The molecule has 1 fully saturated rings. The lowest BCUT2D eigenvalue weighted by atomic mass is 10.2. The van der Waals surface area contributed by atoms with Crippen LogP contribution in [0.3, 0.4) is 0 Å². The van der Waals surface area contributed by atoms with Crippen LogP contribution in [0.2, 0.25) is 0 Å². The minimum Gasteiger partial charge on any atom is -0.332 e. The van der Waals surface area contributed by atoms with Crippen LogP contribution in [0.25, 0.3) is 0 Å². The van der Waals surface area contributed by atoms with Crippen molar-refractivity contribution >= 4 is 50.5 Å². The van der Waals surface area contributed by atoms with Crippen molar-refractivity contribution in [3.8, 4) is 0 Å². The fraction of sp³-hybridized carbons (Fsp3) is 0.350. The summed E-state index contributed by atoms with van der Waals surface area (Å²) in [7, 11) is -3.43. The van der Waals surface area contributed by atoms with E-state index in [1.165, 1.54) is 0 Å². The van der Waals surface area contributed by atoms with Crippen molar-refractivity contribution in [1.82, 2.24) is 4.31 Å². The Morgan fingerprint density at radius 2 is 1.61 bits per heavy atom. The molecule has 1 heterocycles. The van der Waals surface area contributed by atoms with Crippen LogP contribution in [-0.4, -0.2) is 37.2 Å². The van der Waals surface area contributed by atoms with Gasteiger partial charge >= 0.3 is 0 Å². The van der Waals surface area contributed by atoms with E-state index in [9.17, 15) is 8.42 Å². The minimum atomic E-state index is -3.43. The lowest BCUT2D eigenvalue weighted by Gasteiger charge is -2.20. The third-order valence-electron chi connectivity index (χ3n) is 4.64. The summed E-state index contributed by atoms with van der Waals surface area (Å²) in [5, 5.41) is 6.71. The van der Waals surface area contributed by atoms with Gasteiger partial charge in [0.25, 0.3) is 0 Å². The van der Waals surface area contributed by atoms with Gasteiger partial charge in [0.1, 0.15) is 0 Å². The van der Waals surface area contributed by atoms with Crippen LogP contribution in [0.4, 0.5) is 11.4 Å². The largest absolute Gasteiger partial charge is 0.332 e. The number of nitrogens with one attached hydrogen (secondary N) is 2. The predicted octanol–water partition coefficient (Wildman–Crippen LogP) is 4.78. The van der Waals surface area contributed by atoms with Crippen LogP contribution in [0.15, 0.2) is 58.3 Å². The van der Waals surface area contributed by atoms with E-state index in [1.807, 2.05) is 30.5 Å². The molecule has 0 aromatic heterocycles. The van der Waals surface area contributed by atoms with Gasteiger partial charge in [-0.15, -0.1) is 11.8 Å². The molecule has 0 aliphatic carbocycles. The summed E-state index contributed by atoms with van der Waals surface area (Å²) in [5.41, 5.74) is 1.65. The second-order valence-corrected chi connectivity index (χ2v) is 9.88. The maximum Gasteiger partial charge on any atom is 0.243 e. The first-order valence-corrected chi connectivity index (χ1v) is 12.4. The molecule has 2 aromatic rings. The molecule has 0 radical (unpaired) electrons. The van der Waals surface area contributed by atoms with Gasteiger partial charge in [-0.2, -0.15) is 4.31 Å². The zero-order chi connectivity index (χ0) is 20.0. The third-order valence-corrected chi connectivity index (χ3v) is 7.48. The average molecular weight is 436 g/mol. The normalized spacial score (nSPS) is 15.6. The molecule has 0 bridgehead atoms. The lowest BCUT2D eigenvalue weighted by molar-refractivity contribution is 0.424. The number of rotatable bonds is 5. The number of nitrogens with zero attached hydrogens (tertiary/aromatic N) is 1. The van der Waals surface area contributed by atoms with Gasteiger partial charge in [-0.3, -0.25) is 0 Å². The molecule has 0 amide bonds. The SMILES string of the molecule is CSc1cccc(NC(=S)Nc2ccc(S(=O)(=O)N3CCCCCC3)cc2)c1. The van der Waals surface area contributed by atoms with Gasteiger partial charge in [-0.1, -0.05) is 18.9 Å². The number of sulfonamides is 1. The first-order valence-electron chi connectivity index (χ1n) is 9.31. The van der Waals surface area contributed by atoms with E-state index in [0.29, 0.717) is 23.1 Å². The van der Waals surface area contributed by atoms with Crippen LogP contribution in [0.1, 0.15) is 25.7 Å². The van der Waals surface area contributed by atoms with Crippen LogP contribution in [-0.2, 0) is 10.0 Å². The van der Waals surface area contributed by atoms with Gasteiger partial charge < -0.3 is 10.6 Å². The van der Waals surface area contributed by atoms with E-state index in [0.717, 1.165) is 42.0 Å². The molecular weight excluding hydrogens is 410 g/mol. The number of hydrogen-bond donors (Lipinski definition) is 2. The van der Waals surface area contributed by atoms with E-state index >= 15 is 0 Å². The quantitative estimate of drug-likeness (QED) is 0.520. The molecule has 0 spiro atoms. The Morgan fingerprint density at radius 3 is 2.25 bits per heavy atom. The molecule has 0 saturated carbocycles. The van der Waals surface area contributed by atoms with Gasteiger partial charge in [0, 0.05) is 29.4 Å². The first kappa shape index (κ1) is 21.1. The van der Waals surface area contributed by atoms with Crippen molar-refractivity contribution in [3.63, 3.8) is 0 Å². The summed E-state index contributed by atoms with van der Waals surface area (Å²) < 4.78 is 27.3. The van der Waals surface area contributed by atoms with Crippen molar-refractivity contribution in [3.05, 3.63) is 48.5 Å². The van der Waals surface area contributed by atoms with Crippen LogP contribution >= 0.6 is 24.0 Å². The van der Waals surface area contributed by atoms with Crippen molar-refractivity contribution in [2.75, 3.05) is 30.0 Å². The van der Waals surface area contributed by atoms with E-state index in [1.54, 1.807) is 40.3 Å². The number of benzene rings is 2. The zero-order valence-electron chi connectivity index (χ0n) is 15.8. The van der Waals surface area contributed by atoms with Crippen molar-refractivity contribution in [1.29, 1.82) is 0 Å². The van der Waals surface area contributed by atoms with Crippen LogP contribution in [0, 0.1) is 0 Å². The summed E-state index contributed by atoms with van der Waals surface area (Å²) >= 11 is 7.03. The molecule has 150 valence electrons. The Labute approximate surface area is 177 Å². The van der Waals surface area contributed by atoms with Crippen molar-refractivity contribution in [2.45, 2.75) is 35.5 Å². The molecule has 0 unspecified atom stereocenters. The number of thioether (sulfide) groups is 1. The summed E-state index contributed by atoms with van der Waals surface area (Å²) in [5.74, 6) is 0. The Kier molecular flexibility index (Phi) is 7.34. The van der Waals surface area contributed by atoms with Gasteiger partial charge in [-0.05, 0) is 73.8 Å². The number of hydrogen-bond acceptors (Lipinski definition) is 4. The molecule has 0 atom stereocenters. The van der Waals surface area contributed by atoms with E-state index < -0.39 is 10.0 Å². The fourth-order valence-electron chi connectivity index (χ4n) is 3.14. The number of anilines is 2. The van der Waals surface area contributed by atoms with Gasteiger partial charge in [0.05, 0.1) is 4.90 Å². The highest BCUT2D eigenvalue weighted by Gasteiger charge is 2.24. The van der Waals surface area contributed by atoms with Gasteiger partial charge in [0.2, 0.25) is 10.0 Å². The van der Waals surface area contributed by atoms with Crippen LogP contribution in [0.5, 0.6) is 0 Å². The van der Waals surface area contributed by atoms with Crippen molar-refractivity contribution in [2.24, 2.45) is 0 Å². The highest BCUT2D eigenvalue weighted by Crippen LogP contribution is 2.22. The lowest BCUT2D eigenvalue weighted by Crippen LogP contribution is -2.31. The van der Waals surface area contributed by atoms with Crippen molar-refractivity contribution < 1.29 is 8.42 Å². The molecule has 3 rings (SSSR count). The fourth-order valence-corrected chi connectivity index (χ4v) is 5.35. The Hall–Kier alpha value is -1.61. The summed E-state index contributed by atoms with van der Waals surface area (Å²) in [6.45, 7) is 1.21. The highest BCUT2D eigenvalue weighted by molar-refractivity contribution is 7.98. The van der Waals surface area contributed by atoms with E-state index in [-0.39, 0.29) is 0 Å². The smallest absolute Gasteiger partial charge is 0.243 e. The maximum absolute atomic E-state index is 12.8. The molecule has 1 saturated heterocycles. The number of thiocarbonyl (C=S) groups is 1. The summed E-state index contributed by atoms with van der Waals surface area (Å²) in [6, 6.07) is 14.8. The van der Waals surface area contributed by atoms with E-state index in [4.69, 9.17) is 12.2 Å². The van der Waals surface area contributed by atoms with Gasteiger partial charge in [0.15, 0.2) is 5.11 Å². The standard InChI is InChI=1S/C20H25N3O2S3/c1-27-18-8-6-7-17(15-18)22-20(26)21-16-9-11-19(12-10-16)28(24,25)23-13-4-2-3-5-14-23/h6-12,15H,2-5,13-14H2,1H3,(H2,21,22,26). The molecule has 8 heteroatoms. The molecule has 1 aliphatic rings. The molecule has 5 nitrogen and oxygen atoms in total. The molecule has 2 aromatic carbocycles. The molecular formula is C20H25N3O2S3. The summed E-state index contributed by atoms with van der Waals surface area (Å²) in [4.78, 5) is 1.47. The Bertz CT molecular complexity index is 907. The monoisotopic (exact) mass is 435 g/mol. The molecule has 28 heavy (non-hydrogen) atoms. The topological polar surface area (TPSA) is 61.4 Å². The maximum atomic E-state index is 12.8. The molecule has 1 aliphatic heterocycles. The van der Waals surface area contributed by atoms with E-state index in [2.05, 4.69) is 10.6 Å². The Balaban J connectivity index is 1.64. The second kappa shape index (κ2) is 9.73. The average Bonchev–Trinajstić information content (AvgIpc) is 2.98. The second-order valence-electron chi connectivity index (χ2n) is 6.65.